The van der Waals surface area contributed by atoms with Gasteiger partial charge in [0.05, 0.1) is 31.0 Å². The number of carbonyl (C=O) groups excluding carboxylic acids is 3. The summed E-state index contributed by atoms with van der Waals surface area (Å²) in [6.45, 7) is 5.30. The quantitative estimate of drug-likeness (QED) is 0.184. The summed E-state index contributed by atoms with van der Waals surface area (Å²) in [7, 11) is 1.54. The van der Waals surface area contributed by atoms with Crippen molar-refractivity contribution in [1.82, 2.24) is 4.98 Å². The number of esters is 1. The molecule has 0 aliphatic carbocycles. The number of nitrogens with zero attached hydrogens (tertiary/aromatic N) is 2. The molecule has 4 rings (SSSR count). The van der Waals surface area contributed by atoms with Crippen molar-refractivity contribution in [2.75, 3.05) is 18.6 Å². The summed E-state index contributed by atoms with van der Waals surface area (Å²) < 4.78 is 11.2. The van der Waals surface area contributed by atoms with Crippen molar-refractivity contribution >= 4 is 55.8 Å². The smallest absolute Gasteiger partial charge is 0.350 e. The van der Waals surface area contributed by atoms with Gasteiger partial charge in [-0.1, -0.05) is 39.4 Å². The van der Waals surface area contributed by atoms with Crippen LogP contribution in [-0.4, -0.2) is 41.5 Å². The van der Waals surface area contributed by atoms with E-state index in [2.05, 4.69) is 20.9 Å². The van der Waals surface area contributed by atoms with Gasteiger partial charge in [-0.25, -0.2) is 9.78 Å². The summed E-state index contributed by atoms with van der Waals surface area (Å²) in [6.07, 6.45) is 0. The molecule has 0 bridgehead atoms. The molecule has 36 heavy (non-hydrogen) atoms. The summed E-state index contributed by atoms with van der Waals surface area (Å²) in [6, 6.07) is 11.2. The Balaban J connectivity index is 1.92. The van der Waals surface area contributed by atoms with E-state index in [9.17, 15) is 19.5 Å². The van der Waals surface area contributed by atoms with Gasteiger partial charge in [0.2, 0.25) is 0 Å². The van der Waals surface area contributed by atoms with E-state index in [-0.39, 0.29) is 27.9 Å². The molecule has 1 amide bonds. The number of ether oxygens (including phenoxy) is 2. The molecule has 1 fully saturated rings. The molecule has 0 radical (unpaired) electrons. The van der Waals surface area contributed by atoms with Crippen LogP contribution in [0.25, 0.3) is 5.76 Å². The topological polar surface area (TPSA) is 106 Å². The number of ketones is 1. The zero-order valence-electron chi connectivity index (χ0n) is 20.0. The molecule has 1 saturated heterocycles. The maximum absolute atomic E-state index is 13.4. The van der Waals surface area contributed by atoms with Crippen LogP contribution in [0.3, 0.4) is 0 Å². The summed E-state index contributed by atoms with van der Waals surface area (Å²) >= 11 is 4.37. The third-order valence-corrected chi connectivity index (χ3v) is 7.44. The molecular weight excluding hydrogens is 548 g/mol. The average molecular weight is 571 g/mol. The first kappa shape index (κ1) is 25.6. The number of aromatic nitrogens is 1. The van der Waals surface area contributed by atoms with E-state index in [0.717, 1.165) is 15.8 Å². The van der Waals surface area contributed by atoms with Gasteiger partial charge in [-0.2, -0.15) is 0 Å². The van der Waals surface area contributed by atoms with E-state index < -0.39 is 23.7 Å². The van der Waals surface area contributed by atoms with Crippen LogP contribution >= 0.6 is 27.3 Å². The number of aryl methyl sites for hydroxylation is 2. The van der Waals surface area contributed by atoms with Gasteiger partial charge in [0.25, 0.3) is 5.78 Å². The number of hydrogen-bond donors (Lipinski definition) is 1. The highest BCUT2D eigenvalue weighted by Crippen LogP contribution is 2.44. The lowest BCUT2D eigenvalue weighted by Gasteiger charge is -2.23. The number of aliphatic hydroxyl groups excluding tert-OH is 1. The molecule has 1 atom stereocenters. The van der Waals surface area contributed by atoms with Gasteiger partial charge < -0.3 is 14.6 Å². The number of thiazole rings is 1. The molecule has 1 aliphatic heterocycles. The SMILES string of the molecule is CCOC(=O)c1sc(N2C(=O)C(=O)C(=C(O)c3ccc(OC)cc3C)[C@H]2c2ccc(Br)cc2)nc1C. The lowest BCUT2D eigenvalue weighted by atomic mass is 9.94. The summed E-state index contributed by atoms with van der Waals surface area (Å²) in [5.74, 6) is -1.95. The number of amides is 1. The Kier molecular flexibility index (Phi) is 7.28. The van der Waals surface area contributed by atoms with E-state index in [0.29, 0.717) is 28.1 Å². The van der Waals surface area contributed by atoms with Gasteiger partial charge in [0, 0.05) is 10.0 Å². The molecule has 2 heterocycles. The number of Topliss-reactive ketones (excluding diaryl/α,β-unsaturated/α-hetero) is 1. The fourth-order valence-electron chi connectivity index (χ4n) is 4.04. The Morgan fingerprint density at radius 1 is 1.17 bits per heavy atom. The molecular formula is C26H23BrN2O6S. The van der Waals surface area contributed by atoms with Crippen LogP contribution in [-0.2, 0) is 14.3 Å². The van der Waals surface area contributed by atoms with Gasteiger partial charge >= 0.3 is 11.9 Å². The second-order valence-electron chi connectivity index (χ2n) is 8.03. The highest BCUT2D eigenvalue weighted by Gasteiger charge is 2.48. The first-order valence-electron chi connectivity index (χ1n) is 11.0. The number of benzene rings is 2. The lowest BCUT2D eigenvalue weighted by Crippen LogP contribution is -2.29. The van der Waals surface area contributed by atoms with Crippen LogP contribution in [0.1, 0.15) is 45.0 Å². The molecule has 0 saturated carbocycles. The third-order valence-electron chi connectivity index (χ3n) is 5.77. The van der Waals surface area contributed by atoms with Gasteiger partial charge in [0.15, 0.2) is 5.13 Å². The third kappa shape index (κ3) is 4.54. The number of halogens is 1. The zero-order valence-corrected chi connectivity index (χ0v) is 22.4. The molecule has 186 valence electrons. The highest BCUT2D eigenvalue weighted by atomic mass is 79.9. The van der Waals surface area contributed by atoms with E-state index in [1.165, 1.54) is 12.0 Å². The number of aliphatic hydroxyl groups is 1. The van der Waals surface area contributed by atoms with Gasteiger partial charge in [0.1, 0.15) is 16.4 Å². The van der Waals surface area contributed by atoms with E-state index in [1.54, 1.807) is 63.2 Å². The maximum Gasteiger partial charge on any atom is 0.350 e. The Labute approximate surface area is 220 Å². The van der Waals surface area contributed by atoms with Gasteiger partial charge in [-0.05, 0) is 62.2 Å². The van der Waals surface area contributed by atoms with Gasteiger partial charge in [-0.15, -0.1) is 0 Å². The van der Waals surface area contributed by atoms with Crippen molar-refractivity contribution in [2.45, 2.75) is 26.8 Å². The fraction of sp³-hybridized carbons (Fsp3) is 0.231. The highest BCUT2D eigenvalue weighted by molar-refractivity contribution is 9.10. The molecule has 0 unspecified atom stereocenters. The molecule has 2 aromatic carbocycles. The Hall–Kier alpha value is -3.50. The number of rotatable bonds is 6. The van der Waals surface area contributed by atoms with E-state index >= 15 is 0 Å². The van der Waals surface area contributed by atoms with Crippen LogP contribution in [0.2, 0.25) is 0 Å². The van der Waals surface area contributed by atoms with Crippen molar-refractivity contribution in [3.63, 3.8) is 0 Å². The normalized spacial score (nSPS) is 16.9. The van der Waals surface area contributed by atoms with Crippen LogP contribution in [0.15, 0.2) is 52.5 Å². The van der Waals surface area contributed by atoms with Crippen LogP contribution in [0.5, 0.6) is 5.75 Å². The minimum Gasteiger partial charge on any atom is -0.507 e. The summed E-state index contributed by atoms with van der Waals surface area (Å²) in [4.78, 5) is 45.0. The molecule has 1 N–H and O–H groups in total. The summed E-state index contributed by atoms with van der Waals surface area (Å²) in [5, 5.41) is 11.5. The zero-order chi connectivity index (χ0) is 26.1. The van der Waals surface area contributed by atoms with Crippen molar-refractivity contribution in [3.05, 3.63) is 79.8 Å². The number of carbonyl (C=O) groups is 3. The maximum atomic E-state index is 13.4. The molecule has 10 heteroatoms. The molecule has 1 aromatic heterocycles. The summed E-state index contributed by atoms with van der Waals surface area (Å²) in [5.41, 5.74) is 1.98. The molecule has 3 aromatic rings. The Morgan fingerprint density at radius 2 is 1.86 bits per heavy atom. The predicted octanol–water partition coefficient (Wildman–Crippen LogP) is 5.33. The van der Waals surface area contributed by atoms with E-state index in [4.69, 9.17) is 9.47 Å². The van der Waals surface area contributed by atoms with Crippen LogP contribution in [0.4, 0.5) is 5.13 Å². The van der Waals surface area contributed by atoms with Gasteiger partial charge in [-0.3, -0.25) is 14.5 Å². The molecule has 8 nitrogen and oxygen atoms in total. The second kappa shape index (κ2) is 10.2. The van der Waals surface area contributed by atoms with E-state index in [1.807, 2.05) is 0 Å². The molecule has 0 spiro atoms. The standard InChI is InChI=1S/C26H23BrN2O6S/c1-5-35-25(33)23-14(3)28-26(36-23)29-20(15-6-8-16(27)9-7-15)19(22(31)24(29)32)21(30)18-11-10-17(34-4)12-13(18)2/h6-12,20,30H,5H2,1-4H3/t20-/m1/s1. The van der Waals surface area contributed by atoms with Crippen molar-refractivity contribution < 1.29 is 29.0 Å². The van der Waals surface area contributed by atoms with Crippen molar-refractivity contribution in [3.8, 4) is 5.75 Å². The predicted molar refractivity (Wildman–Crippen MR) is 139 cm³/mol. The average Bonchev–Trinajstić information content (AvgIpc) is 3.36. The minimum atomic E-state index is -0.958. The lowest BCUT2D eigenvalue weighted by molar-refractivity contribution is -0.132. The largest absolute Gasteiger partial charge is 0.507 e. The van der Waals surface area contributed by atoms with Crippen molar-refractivity contribution in [2.24, 2.45) is 0 Å². The number of anilines is 1. The monoisotopic (exact) mass is 570 g/mol. The van der Waals surface area contributed by atoms with Crippen LogP contribution in [0, 0.1) is 13.8 Å². The second-order valence-corrected chi connectivity index (χ2v) is 9.93. The first-order chi connectivity index (χ1) is 17.2. The molecule has 1 aliphatic rings. The number of hydrogen-bond acceptors (Lipinski definition) is 8. The fourth-order valence-corrected chi connectivity index (χ4v) is 5.29. The number of methoxy groups -OCH3 is 1. The Bertz CT molecular complexity index is 1400. The first-order valence-corrected chi connectivity index (χ1v) is 12.6. The Morgan fingerprint density at radius 3 is 2.47 bits per heavy atom. The minimum absolute atomic E-state index is 0.0684. The van der Waals surface area contributed by atoms with Crippen molar-refractivity contribution in [1.29, 1.82) is 0 Å². The van der Waals surface area contributed by atoms with Crippen LogP contribution < -0.4 is 9.64 Å².